The lowest BCUT2D eigenvalue weighted by Crippen LogP contribution is -2.26. The third-order valence-electron chi connectivity index (χ3n) is 2.10. The summed E-state index contributed by atoms with van der Waals surface area (Å²) >= 11 is 0. The second-order valence-electron chi connectivity index (χ2n) is 2.82. The zero-order valence-corrected chi connectivity index (χ0v) is 5.93. The van der Waals surface area contributed by atoms with Crippen LogP contribution in [-0.2, 0) is 0 Å². The van der Waals surface area contributed by atoms with Crippen LogP contribution in [0.15, 0.2) is 5.11 Å². The van der Waals surface area contributed by atoms with E-state index in [0.717, 1.165) is 25.7 Å². The number of hydrogen-bond donors (Lipinski definition) is 1. The molecular weight excluding hydrogens is 126 g/mol. The van der Waals surface area contributed by atoms with E-state index in [-0.39, 0.29) is 0 Å². The molecular formula is C7H11N3. The molecule has 0 saturated heterocycles. The van der Waals surface area contributed by atoms with Gasteiger partial charge in [0.15, 0.2) is 5.54 Å². The normalized spacial score (nSPS) is 23.1. The number of hydrogen-bond acceptors (Lipinski definition) is 3. The van der Waals surface area contributed by atoms with E-state index >= 15 is 0 Å². The van der Waals surface area contributed by atoms with Gasteiger partial charge in [0.2, 0.25) is 0 Å². The maximum atomic E-state index is 8.68. The Morgan fingerprint density at radius 2 is 1.90 bits per heavy atom. The van der Waals surface area contributed by atoms with E-state index in [9.17, 15) is 0 Å². The lowest BCUT2D eigenvalue weighted by atomic mass is 9.84. The quantitative estimate of drug-likeness (QED) is 0.553. The summed E-state index contributed by atoms with van der Waals surface area (Å²) in [5.41, 5.74) is 6.21. The van der Waals surface area contributed by atoms with Crippen molar-refractivity contribution in [2.24, 2.45) is 5.11 Å². The van der Waals surface area contributed by atoms with Crippen molar-refractivity contribution in [3.8, 4) is 6.07 Å². The molecule has 1 rings (SSSR count). The van der Waals surface area contributed by atoms with E-state index in [1.807, 2.05) is 0 Å². The van der Waals surface area contributed by atoms with E-state index in [1.54, 1.807) is 0 Å². The third-order valence-corrected chi connectivity index (χ3v) is 2.10. The summed E-state index contributed by atoms with van der Waals surface area (Å²) in [5, 5.41) is 12.1. The average Bonchev–Trinajstić information content (AvgIpc) is 2.06. The minimum atomic E-state index is -0.641. The van der Waals surface area contributed by atoms with Crippen molar-refractivity contribution in [3.05, 3.63) is 0 Å². The van der Waals surface area contributed by atoms with Crippen LogP contribution in [0.3, 0.4) is 0 Å². The van der Waals surface area contributed by atoms with Gasteiger partial charge in [-0.2, -0.15) is 10.4 Å². The molecule has 1 aliphatic carbocycles. The van der Waals surface area contributed by atoms with Crippen molar-refractivity contribution in [1.82, 2.24) is 0 Å². The molecule has 0 atom stereocenters. The predicted octanol–water partition coefficient (Wildman–Crippen LogP) is 2.24. The molecule has 0 radical (unpaired) electrons. The van der Waals surface area contributed by atoms with E-state index in [1.165, 1.54) is 6.42 Å². The van der Waals surface area contributed by atoms with Crippen molar-refractivity contribution in [2.75, 3.05) is 0 Å². The van der Waals surface area contributed by atoms with Crippen LogP contribution in [-0.4, -0.2) is 5.54 Å². The summed E-state index contributed by atoms with van der Waals surface area (Å²) in [4.78, 5) is 0. The highest BCUT2D eigenvalue weighted by Crippen LogP contribution is 2.30. The van der Waals surface area contributed by atoms with E-state index < -0.39 is 5.54 Å². The number of nitriles is 1. The van der Waals surface area contributed by atoms with Gasteiger partial charge >= 0.3 is 0 Å². The molecule has 0 bridgehead atoms. The molecule has 0 aliphatic heterocycles. The van der Waals surface area contributed by atoms with Crippen molar-refractivity contribution < 1.29 is 0 Å². The minimum absolute atomic E-state index is 0.641. The van der Waals surface area contributed by atoms with Crippen LogP contribution in [0.2, 0.25) is 0 Å². The molecule has 0 heterocycles. The van der Waals surface area contributed by atoms with Gasteiger partial charge in [-0.3, -0.25) is 0 Å². The first-order chi connectivity index (χ1) is 4.83. The molecule has 3 heteroatoms. The first-order valence-corrected chi connectivity index (χ1v) is 3.63. The van der Waals surface area contributed by atoms with E-state index in [2.05, 4.69) is 11.2 Å². The highest BCUT2D eigenvalue weighted by Gasteiger charge is 2.31. The van der Waals surface area contributed by atoms with E-state index in [0.29, 0.717) is 0 Å². The van der Waals surface area contributed by atoms with Gasteiger partial charge in [-0.1, -0.05) is 6.42 Å². The second kappa shape index (κ2) is 2.78. The zero-order valence-electron chi connectivity index (χ0n) is 5.93. The van der Waals surface area contributed by atoms with Crippen molar-refractivity contribution in [1.29, 1.82) is 10.8 Å². The van der Waals surface area contributed by atoms with Gasteiger partial charge in [0.1, 0.15) is 0 Å². The molecule has 0 amide bonds. The van der Waals surface area contributed by atoms with Crippen LogP contribution in [0.1, 0.15) is 32.1 Å². The summed E-state index contributed by atoms with van der Waals surface area (Å²) in [6.45, 7) is 0. The van der Waals surface area contributed by atoms with Gasteiger partial charge in [-0.15, -0.1) is 0 Å². The summed E-state index contributed by atoms with van der Waals surface area (Å²) in [5.74, 6) is 0. The van der Waals surface area contributed by atoms with Gasteiger partial charge in [0.25, 0.3) is 0 Å². The van der Waals surface area contributed by atoms with Crippen molar-refractivity contribution in [3.63, 3.8) is 0 Å². The predicted molar refractivity (Wildman–Crippen MR) is 36.6 cm³/mol. The molecule has 0 aromatic rings. The Morgan fingerprint density at radius 1 is 1.30 bits per heavy atom. The minimum Gasteiger partial charge on any atom is -0.208 e. The van der Waals surface area contributed by atoms with Gasteiger partial charge in [0.05, 0.1) is 6.07 Å². The molecule has 1 fully saturated rings. The maximum Gasteiger partial charge on any atom is 0.167 e. The summed E-state index contributed by atoms with van der Waals surface area (Å²) in [7, 11) is 0. The van der Waals surface area contributed by atoms with Gasteiger partial charge in [0, 0.05) is 0 Å². The third kappa shape index (κ3) is 1.15. The van der Waals surface area contributed by atoms with Gasteiger partial charge in [-0.05, 0) is 25.7 Å². The topological polar surface area (TPSA) is 60.0 Å². The standard InChI is InChI=1S/C7H11N3/c8-6-7(10-9)4-2-1-3-5-7/h9H,1-5H2. The van der Waals surface area contributed by atoms with Gasteiger partial charge in [-0.25, -0.2) is 5.53 Å². The first-order valence-electron chi connectivity index (χ1n) is 3.63. The lowest BCUT2D eigenvalue weighted by molar-refractivity contribution is 0.351. The fraction of sp³-hybridized carbons (Fsp3) is 0.857. The van der Waals surface area contributed by atoms with E-state index in [4.69, 9.17) is 10.8 Å². The molecule has 3 nitrogen and oxygen atoms in total. The molecule has 1 N–H and O–H groups in total. The Balaban J connectivity index is 2.63. The molecule has 1 saturated carbocycles. The molecule has 0 aromatic carbocycles. The average molecular weight is 137 g/mol. The molecule has 0 aromatic heterocycles. The number of rotatable bonds is 1. The van der Waals surface area contributed by atoms with Crippen LogP contribution in [0, 0.1) is 16.9 Å². The zero-order chi connectivity index (χ0) is 7.45. The van der Waals surface area contributed by atoms with Crippen LogP contribution in [0.5, 0.6) is 0 Å². The Kier molecular flexibility index (Phi) is 2.00. The van der Waals surface area contributed by atoms with Crippen molar-refractivity contribution in [2.45, 2.75) is 37.6 Å². The fourth-order valence-corrected chi connectivity index (χ4v) is 1.39. The van der Waals surface area contributed by atoms with Crippen LogP contribution in [0.25, 0.3) is 0 Å². The summed E-state index contributed by atoms with van der Waals surface area (Å²) in [6.07, 6.45) is 4.87. The Labute approximate surface area is 60.6 Å². The summed E-state index contributed by atoms with van der Waals surface area (Å²) < 4.78 is 0. The Bertz CT molecular complexity index is 162. The number of nitrogens with zero attached hydrogens (tertiary/aromatic N) is 2. The smallest absolute Gasteiger partial charge is 0.167 e. The Hall–Kier alpha value is -0.910. The number of nitrogens with one attached hydrogen (secondary N) is 1. The molecule has 10 heavy (non-hydrogen) atoms. The SMILES string of the molecule is N#CC1(N=N)CCCCC1. The van der Waals surface area contributed by atoms with Crippen LogP contribution >= 0.6 is 0 Å². The molecule has 54 valence electrons. The monoisotopic (exact) mass is 137 g/mol. The van der Waals surface area contributed by atoms with Crippen molar-refractivity contribution >= 4 is 0 Å². The first kappa shape index (κ1) is 7.20. The largest absolute Gasteiger partial charge is 0.208 e. The fourth-order valence-electron chi connectivity index (χ4n) is 1.39. The lowest BCUT2D eigenvalue weighted by Gasteiger charge is -2.24. The highest BCUT2D eigenvalue weighted by atomic mass is 15.0. The Morgan fingerprint density at radius 3 is 2.20 bits per heavy atom. The van der Waals surface area contributed by atoms with Crippen LogP contribution < -0.4 is 0 Å². The molecule has 1 aliphatic rings. The second-order valence-corrected chi connectivity index (χ2v) is 2.82. The highest BCUT2D eigenvalue weighted by molar-refractivity contribution is 5.07. The van der Waals surface area contributed by atoms with Crippen LogP contribution in [0.4, 0.5) is 0 Å². The molecule has 0 unspecified atom stereocenters. The molecule has 0 spiro atoms. The maximum absolute atomic E-state index is 8.68. The van der Waals surface area contributed by atoms with Gasteiger partial charge < -0.3 is 0 Å². The summed E-state index contributed by atoms with van der Waals surface area (Å²) in [6, 6.07) is 2.11.